The fourth-order valence-corrected chi connectivity index (χ4v) is 4.67. The molecule has 1 atom stereocenters. The molecule has 3 heterocycles. The van der Waals surface area contributed by atoms with Crippen LogP contribution in [0.1, 0.15) is 74.8 Å². The second-order valence-electron chi connectivity index (χ2n) is 10.3. The largest absolute Gasteiger partial charge is 0.437 e. The van der Waals surface area contributed by atoms with Gasteiger partial charge in [-0.15, -0.1) is 5.10 Å². The molecule has 2 aliphatic rings. The third-order valence-electron chi connectivity index (χ3n) is 6.65. The summed E-state index contributed by atoms with van der Waals surface area (Å²) in [5, 5.41) is 7.21. The standard InChI is InChI=1S/C25H33N5O5/c1-16(2)30-24(34)35-23(27-30)22(33)19-10-7-11-29(19)21(32)13-26-25(3,4)12-20(31)28-14-17-8-5-6-9-18(17)15-28/h5-6,8-9,16,19,26H,7,10-15H2,1-4H3. The first-order chi connectivity index (χ1) is 16.6. The maximum Gasteiger partial charge on any atom is 0.437 e. The van der Waals surface area contributed by atoms with Gasteiger partial charge in [-0.1, -0.05) is 24.3 Å². The molecule has 1 aromatic heterocycles. The molecule has 0 aliphatic carbocycles. The molecular weight excluding hydrogens is 450 g/mol. The van der Waals surface area contributed by atoms with E-state index in [0.717, 1.165) is 4.68 Å². The average molecular weight is 484 g/mol. The molecule has 188 valence electrons. The number of rotatable bonds is 8. The molecule has 0 saturated carbocycles. The first-order valence-electron chi connectivity index (χ1n) is 12.1. The van der Waals surface area contributed by atoms with Crippen molar-refractivity contribution >= 4 is 17.6 Å². The molecule has 0 spiro atoms. The van der Waals surface area contributed by atoms with Crippen LogP contribution in [0.5, 0.6) is 0 Å². The maximum absolute atomic E-state index is 13.0. The van der Waals surface area contributed by atoms with Crippen LogP contribution in [0.3, 0.4) is 0 Å². The van der Waals surface area contributed by atoms with Crippen LogP contribution in [-0.4, -0.2) is 61.8 Å². The predicted octanol–water partition coefficient (Wildman–Crippen LogP) is 1.89. The van der Waals surface area contributed by atoms with E-state index in [2.05, 4.69) is 10.4 Å². The average Bonchev–Trinajstić information content (AvgIpc) is 3.54. The van der Waals surface area contributed by atoms with Crippen molar-refractivity contribution in [2.45, 2.75) is 77.7 Å². The molecule has 10 heteroatoms. The Labute approximate surface area is 204 Å². The number of benzene rings is 1. The Kier molecular flexibility index (Phi) is 6.93. The molecule has 1 unspecified atom stereocenters. The van der Waals surface area contributed by atoms with Gasteiger partial charge in [-0.3, -0.25) is 14.4 Å². The van der Waals surface area contributed by atoms with Gasteiger partial charge in [0.05, 0.1) is 12.6 Å². The van der Waals surface area contributed by atoms with E-state index >= 15 is 0 Å². The summed E-state index contributed by atoms with van der Waals surface area (Å²) in [5.74, 6) is -1.63. The van der Waals surface area contributed by atoms with Crippen LogP contribution in [-0.2, 0) is 22.7 Å². The molecule has 35 heavy (non-hydrogen) atoms. The maximum atomic E-state index is 13.0. The Hall–Kier alpha value is -3.27. The van der Waals surface area contributed by atoms with Crippen molar-refractivity contribution in [2.75, 3.05) is 13.1 Å². The Morgan fingerprint density at radius 1 is 1.14 bits per heavy atom. The van der Waals surface area contributed by atoms with Gasteiger partial charge in [0, 0.05) is 31.6 Å². The SMILES string of the molecule is CC(C)n1nc(C(=O)C2CCCN2C(=O)CNC(C)(C)CC(=O)N2Cc3ccccc3C2)oc1=O. The Bertz CT molecular complexity index is 1160. The molecule has 1 saturated heterocycles. The molecule has 10 nitrogen and oxygen atoms in total. The highest BCUT2D eigenvalue weighted by Crippen LogP contribution is 2.25. The number of likely N-dealkylation sites (tertiary alicyclic amines) is 1. The highest BCUT2D eigenvalue weighted by atomic mass is 16.4. The molecule has 1 aromatic carbocycles. The second-order valence-corrected chi connectivity index (χ2v) is 10.3. The zero-order valence-corrected chi connectivity index (χ0v) is 20.7. The number of aromatic nitrogens is 2. The van der Waals surface area contributed by atoms with Crippen molar-refractivity contribution in [1.82, 2.24) is 24.9 Å². The Morgan fingerprint density at radius 2 is 1.80 bits per heavy atom. The molecule has 1 fully saturated rings. The minimum absolute atomic E-state index is 0.00529. The number of hydrogen-bond donors (Lipinski definition) is 1. The van der Waals surface area contributed by atoms with Crippen LogP contribution in [0.15, 0.2) is 33.5 Å². The van der Waals surface area contributed by atoms with Crippen LogP contribution in [0.4, 0.5) is 0 Å². The lowest BCUT2D eigenvalue weighted by Crippen LogP contribution is -2.50. The number of amides is 2. The number of hydrogen-bond acceptors (Lipinski definition) is 7. The first-order valence-corrected chi connectivity index (χ1v) is 12.1. The van der Waals surface area contributed by atoms with Gasteiger partial charge in [0.15, 0.2) is 0 Å². The molecule has 2 aliphatic heterocycles. The van der Waals surface area contributed by atoms with Crippen molar-refractivity contribution in [3.8, 4) is 0 Å². The topological polar surface area (TPSA) is 118 Å². The number of carbonyl (C=O) groups is 3. The van der Waals surface area contributed by atoms with Crippen molar-refractivity contribution in [3.05, 3.63) is 51.8 Å². The van der Waals surface area contributed by atoms with Gasteiger partial charge in [0.2, 0.25) is 17.6 Å². The van der Waals surface area contributed by atoms with E-state index in [1.165, 1.54) is 16.0 Å². The van der Waals surface area contributed by atoms with Gasteiger partial charge in [0.1, 0.15) is 6.04 Å². The molecular formula is C25H33N5O5. The summed E-state index contributed by atoms with van der Waals surface area (Å²) in [6.45, 7) is 8.96. The fourth-order valence-electron chi connectivity index (χ4n) is 4.67. The van der Waals surface area contributed by atoms with Crippen molar-refractivity contribution < 1.29 is 18.8 Å². The summed E-state index contributed by atoms with van der Waals surface area (Å²) in [6, 6.07) is 7.08. The minimum Gasteiger partial charge on any atom is -0.384 e. The molecule has 0 radical (unpaired) electrons. The first kappa shape index (κ1) is 24.8. The van der Waals surface area contributed by atoms with E-state index < -0.39 is 23.1 Å². The Balaban J connectivity index is 1.33. The van der Waals surface area contributed by atoms with E-state index in [1.54, 1.807) is 13.8 Å². The number of nitrogens with zero attached hydrogens (tertiary/aromatic N) is 4. The number of nitrogens with one attached hydrogen (secondary N) is 1. The van der Waals surface area contributed by atoms with Crippen LogP contribution < -0.4 is 11.1 Å². The van der Waals surface area contributed by atoms with Crippen LogP contribution in [0, 0.1) is 0 Å². The van der Waals surface area contributed by atoms with Crippen LogP contribution in [0.2, 0.25) is 0 Å². The third kappa shape index (κ3) is 5.37. The summed E-state index contributed by atoms with van der Waals surface area (Å²) in [6.07, 6.45) is 1.41. The van der Waals surface area contributed by atoms with Crippen molar-refractivity contribution in [3.63, 3.8) is 0 Å². The fraction of sp³-hybridized carbons (Fsp3) is 0.560. The Morgan fingerprint density at radius 3 is 2.40 bits per heavy atom. The summed E-state index contributed by atoms with van der Waals surface area (Å²) >= 11 is 0. The summed E-state index contributed by atoms with van der Waals surface area (Å²) in [7, 11) is 0. The van der Waals surface area contributed by atoms with Gasteiger partial charge in [-0.25, -0.2) is 4.79 Å². The number of ketones is 1. The number of carbonyl (C=O) groups excluding carboxylic acids is 3. The lowest BCUT2D eigenvalue weighted by molar-refractivity contribution is -0.134. The van der Waals surface area contributed by atoms with E-state index in [1.807, 2.05) is 43.0 Å². The number of Topliss-reactive ketones (excluding diaryl/α,β-unsaturated/α-hetero) is 1. The lowest BCUT2D eigenvalue weighted by Gasteiger charge is -2.30. The molecule has 4 rings (SSSR count). The lowest BCUT2D eigenvalue weighted by atomic mass is 9.99. The van der Waals surface area contributed by atoms with E-state index in [9.17, 15) is 19.2 Å². The zero-order chi connectivity index (χ0) is 25.3. The summed E-state index contributed by atoms with van der Waals surface area (Å²) in [5.41, 5.74) is 1.73. The van der Waals surface area contributed by atoms with Crippen LogP contribution >= 0.6 is 0 Å². The van der Waals surface area contributed by atoms with E-state index in [-0.39, 0.29) is 36.7 Å². The second kappa shape index (κ2) is 9.77. The quantitative estimate of drug-likeness (QED) is 0.570. The predicted molar refractivity (Wildman–Crippen MR) is 128 cm³/mol. The normalized spacial score (nSPS) is 17.8. The molecule has 2 aromatic rings. The zero-order valence-electron chi connectivity index (χ0n) is 20.7. The highest BCUT2D eigenvalue weighted by molar-refractivity contribution is 5.98. The van der Waals surface area contributed by atoms with Gasteiger partial charge >= 0.3 is 5.76 Å². The third-order valence-corrected chi connectivity index (χ3v) is 6.65. The van der Waals surface area contributed by atoms with Gasteiger partial charge in [-0.05, 0) is 51.7 Å². The van der Waals surface area contributed by atoms with E-state index in [0.29, 0.717) is 32.5 Å². The molecule has 1 N–H and O–H groups in total. The smallest absolute Gasteiger partial charge is 0.384 e. The summed E-state index contributed by atoms with van der Waals surface area (Å²) in [4.78, 5) is 54.2. The highest BCUT2D eigenvalue weighted by Gasteiger charge is 2.38. The summed E-state index contributed by atoms with van der Waals surface area (Å²) < 4.78 is 6.18. The minimum atomic E-state index is -0.712. The van der Waals surface area contributed by atoms with Crippen LogP contribution in [0.25, 0.3) is 0 Å². The van der Waals surface area contributed by atoms with Crippen molar-refractivity contribution in [2.24, 2.45) is 0 Å². The number of fused-ring (bicyclic) bond motifs is 1. The molecule has 0 bridgehead atoms. The van der Waals surface area contributed by atoms with E-state index in [4.69, 9.17) is 4.42 Å². The monoisotopic (exact) mass is 483 g/mol. The molecule has 2 amide bonds. The van der Waals surface area contributed by atoms with Gasteiger partial charge in [-0.2, -0.15) is 4.68 Å². The van der Waals surface area contributed by atoms with Crippen molar-refractivity contribution in [1.29, 1.82) is 0 Å². The van der Waals surface area contributed by atoms with Gasteiger partial charge < -0.3 is 19.5 Å². The van der Waals surface area contributed by atoms with Gasteiger partial charge in [0.25, 0.3) is 5.89 Å².